The van der Waals surface area contributed by atoms with Crippen LogP contribution in [0, 0.1) is 3.57 Å². The molecule has 0 aromatic carbocycles. The number of carbonyl (C=O) groups excluding carboxylic acids is 1. The summed E-state index contributed by atoms with van der Waals surface area (Å²) in [6.45, 7) is 1.75. The monoisotopic (exact) mass is 357 g/mol. The number of carbonyl (C=O) groups is 1. The van der Waals surface area contributed by atoms with Gasteiger partial charge < -0.3 is 9.72 Å². The third-order valence-corrected chi connectivity index (χ3v) is 2.82. The standard InChI is InChI=1S/C10H10F2INO3/c1-2-17-7(15)3-5-8(10(11)12)14-4-6(13)9(5)16/h4,10H,2-3H2,1H3,(H,14,16). The number of nitrogens with one attached hydrogen (secondary N) is 1. The Bertz CT molecular complexity index is 473. The molecule has 0 unspecified atom stereocenters. The van der Waals surface area contributed by atoms with E-state index in [9.17, 15) is 18.4 Å². The Morgan fingerprint density at radius 3 is 2.76 bits per heavy atom. The molecule has 94 valence electrons. The van der Waals surface area contributed by atoms with Crippen LogP contribution < -0.4 is 5.43 Å². The van der Waals surface area contributed by atoms with Crippen LogP contribution in [0.4, 0.5) is 8.78 Å². The van der Waals surface area contributed by atoms with Gasteiger partial charge in [0.2, 0.25) is 0 Å². The molecule has 0 aliphatic heterocycles. The number of hydrogen-bond acceptors (Lipinski definition) is 3. The molecule has 0 saturated carbocycles. The van der Waals surface area contributed by atoms with Gasteiger partial charge >= 0.3 is 5.97 Å². The minimum Gasteiger partial charge on any atom is -0.466 e. The molecular weight excluding hydrogens is 347 g/mol. The van der Waals surface area contributed by atoms with E-state index in [0.29, 0.717) is 0 Å². The SMILES string of the molecule is CCOC(=O)Cc1c(C(F)F)[nH]cc(I)c1=O. The summed E-state index contributed by atoms with van der Waals surface area (Å²) >= 11 is 1.72. The van der Waals surface area contributed by atoms with Crippen LogP contribution in [0.5, 0.6) is 0 Å². The van der Waals surface area contributed by atoms with Gasteiger partial charge in [-0.3, -0.25) is 9.59 Å². The van der Waals surface area contributed by atoms with E-state index in [2.05, 4.69) is 9.72 Å². The van der Waals surface area contributed by atoms with Gasteiger partial charge in [-0.1, -0.05) is 0 Å². The molecule has 1 heterocycles. The highest BCUT2D eigenvalue weighted by atomic mass is 127. The van der Waals surface area contributed by atoms with E-state index in [-0.39, 0.29) is 15.7 Å². The molecule has 0 atom stereocenters. The van der Waals surface area contributed by atoms with Gasteiger partial charge in [-0.25, -0.2) is 8.78 Å². The predicted molar refractivity (Wildman–Crippen MR) is 65.1 cm³/mol. The fourth-order valence-corrected chi connectivity index (χ4v) is 1.77. The predicted octanol–water partition coefficient (Wildman–Crippen LogP) is 2.02. The summed E-state index contributed by atoms with van der Waals surface area (Å²) in [4.78, 5) is 25.2. The summed E-state index contributed by atoms with van der Waals surface area (Å²) in [6, 6.07) is 0. The molecule has 1 rings (SSSR count). The van der Waals surface area contributed by atoms with Gasteiger partial charge in [0.15, 0.2) is 5.43 Å². The molecule has 0 aliphatic rings. The fourth-order valence-electron chi connectivity index (χ4n) is 1.29. The van der Waals surface area contributed by atoms with Crippen LogP contribution in [-0.4, -0.2) is 17.6 Å². The lowest BCUT2D eigenvalue weighted by molar-refractivity contribution is -0.142. The first kappa shape index (κ1) is 14.1. The summed E-state index contributed by atoms with van der Waals surface area (Å²) in [6.07, 6.45) is -2.08. The number of pyridine rings is 1. The minimum absolute atomic E-state index is 0.144. The molecule has 0 radical (unpaired) electrons. The average molecular weight is 357 g/mol. The summed E-state index contributed by atoms with van der Waals surface area (Å²) < 4.78 is 30.2. The van der Waals surface area contributed by atoms with Crippen molar-refractivity contribution in [1.82, 2.24) is 4.98 Å². The van der Waals surface area contributed by atoms with Gasteiger partial charge in [0.25, 0.3) is 6.43 Å². The van der Waals surface area contributed by atoms with E-state index in [4.69, 9.17) is 0 Å². The summed E-state index contributed by atoms with van der Waals surface area (Å²) in [5, 5.41) is 0. The van der Waals surface area contributed by atoms with E-state index in [1.807, 2.05) is 0 Å². The molecule has 0 fully saturated rings. The Balaban J connectivity index is 3.15. The Morgan fingerprint density at radius 2 is 2.24 bits per heavy atom. The van der Waals surface area contributed by atoms with Crippen molar-refractivity contribution in [2.45, 2.75) is 19.8 Å². The number of hydrogen-bond donors (Lipinski definition) is 1. The molecule has 0 spiro atoms. The second kappa shape index (κ2) is 6.08. The first-order chi connectivity index (χ1) is 7.97. The van der Waals surface area contributed by atoms with Gasteiger partial charge in [-0.2, -0.15) is 0 Å². The third kappa shape index (κ3) is 3.48. The number of halogens is 3. The maximum absolute atomic E-state index is 12.7. The first-order valence-electron chi connectivity index (χ1n) is 4.81. The van der Waals surface area contributed by atoms with Crippen LogP contribution in [0.2, 0.25) is 0 Å². The fraction of sp³-hybridized carbons (Fsp3) is 0.400. The third-order valence-electron chi connectivity index (χ3n) is 2.02. The zero-order chi connectivity index (χ0) is 13.0. The number of rotatable bonds is 4. The Kier molecular flexibility index (Phi) is 5.03. The van der Waals surface area contributed by atoms with E-state index in [1.54, 1.807) is 29.5 Å². The zero-order valence-corrected chi connectivity index (χ0v) is 11.1. The van der Waals surface area contributed by atoms with Crippen molar-refractivity contribution in [3.63, 3.8) is 0 Å². The summed E-state index contributed by atoms with van der Waals surface area (Å²) in [7, 11) is 0. The molecule has 17 heavy (non-hydrogen) atoms. The lowest BCUT2D eigenvalue weighted by atomic mass is 10.1. The molecule has 0 amide bonds. The van der Waals surface area contributed by atoms with E-state index in [1.165, 1.54) is 6.20 Å². The maximum Gasteiger partial charge on any atom is 0.310 e. The number of ether oxygens (including phenoxy) is 1. The normalized spacial score (nSPS) is 10.6. The molecule has 1 N–H and O–H groups in total. The second-order valence-electron chi connectivity index (χ2n) is 3.14. The Morgan fingerprint density at radius 1 is 1.59 bits per heavy atom. The molecule has 1 aromatic heterocycles. The number of alkyl halides is 2. The van der Waals surface area contributed by atoms with Crippen LogP contribution in [0.1, 0.15) is 24.6 Å². The van der Waals surface area contributed by atoms with Crippen molar-refractivity contribution in [3.8, 4) is 0 Å². The van der Waals surface area contributed by atoms with Gasteiger partial charge in [0, 0.05) is 11.8 Å². The molecule has 0 aliphatic carbocycles. The van der Waals surface area contributed by atoms with Crippen molar-refractivity contribution < 1.29 is 18.3 Å². The minimum atomic E-state index is -2.83. The first-order valence-corrected chi connectivity index (χ1v) is 5.89. The van der Waals surface area contributed by atoms with E-state index >= 15 is 0 Å². The molecular formula is C10H10F2INO3. The maximum atomic E-state index is 12.7. The molecule has 1 aromatic rings. The molecule has 0 bridgehead atoms. The van der Waals surface area contributed by atoms with Crippen LogP contribution >= 0.6 is 22.6 Å². The zero-order valence-electron chi connectivity index (χ0n) is 8.93. The highest BCUT2D eigenvalue weighted by Crippen LogP contribution is 2.19. The van der Waals surface area contributed by atoms with Crippen molar-refractivity contribution in [2.24, 2.45) is 0 Å². The van der Waals surface area contributed by atoms with Crippen molar-refractivity contribution >= 4 is 28.6 Å². The van der Waals surface area contributed by atoms with Crippen LogP contribution in [0.25, 0.3) is 0 Å². The molecule has 0 saturated heterocycles. The largest absolute Gasteiger partial charge is 0.466 e. The van der Waals surface area contributed by atoms with E-state index < -0.39 is 29.9 Å². The Labute approximate surface area is 110 Å². The summed E-state index contributed by atoms with van der Waals surface area (Å²) in [5.41, 5.74) is -1.32. The smallest absolute Gasteiger partial charge is 0.310 e. The van der Waals surface area contributed by atoms with Crippen LogP contribution in [0.3, 0.4) is 0 Å². The van der Waals surface area contributed by atoms with Gasteiger partial charge in [-0.15, -0.1) is 0 Å². The number of aromatic nitrogens is 1. The molecule has 4 nitrogen and oxygen atoms in total. The second-order valence-corrected chi connectivity index (χ2v) is 4.30. The van der Waals surface area contributed by atoms with Crippen LogP contribution in [-0.2, 0) is 16.0 Å². The highest BCUT2D eigenvalue weighted by Gasteiger charge is 2.20. The van der Waals surface area contributed by atoms with Gasteiger partial charge in [-0.05, 0) is 29.5 Å². The lowest BCUT2D eigenvalue weighted by Gasteiger charge is -2.08. The summed E-state index contributed by atoms with van der Waals surface area (Å²) in [5.74, 6) is -0.693. The number of aromatic amines is 1. The van der Waals surface area contributed by atoms with Crippen molar-refractivity contribution in [3.05, 3.63) is 31.2 Å². The highest BCUT2D eigenvalue weighted by molar-refractivity contribution is 14.1. The van der Waals surface area contributed by atoms with E-state index in [0.717, 1.165) is 0 Å². The van der Waals surface area contributed by atoms with Crippen molar-refractivity contribution in [2.75, 3.05) is 6.61 Å². The number of H-pyrrole nitrogens is 1. The quantitative estimate of drug-likeness (QED) is 0.663. The van der Waals surface area contributed by atoms with Gasteiger partial charge in [0.1, 0.15) is 0 Å². The van der Waals surface area contributed by atoms with Crippen molar-refractivity contribution in [1.29, 1.82) is 0 Å². The number of esters is 1. The topological polar surface area (TPSA) is 59.2 Å². The van der Waals surface area contributed by atoms with Crippen LogP contribution in [0.15, 0.2) is 11.0 Å². The Hall–Kier alpha value is -0.990. The van der Waals surface area contributed by atoms with Gasteiger partial charge in [0.05, 0.1) is 22.3 Å². The average Bonchev–Trinajstić information content (AvgIpc) is 2.25. The molecule has 7 heteroatoms. The lowest BCUT2D eigenvalue weighted by Crippen LogP contribution is -2.21.